The molecule has 45 heavy (non-hydrogen) atoms. The number of sulfonamides is 1. The Kier molecular flexibility index (Phi) is 12.7. The average Bonchev–Trinajstić information content (AvgIpc) is 3.04. The van der Waals surface area contributed by atoms with E-state index in [2.05, 4.69) is 5.32 Å². The number of nitrogens with one attached hydrogen (secondary N) is 1. The van der Waals surface area contributed by atoms with Gasteiger partial charge in [-0.1, -0.05) is 38.1 Å². The Labute approximate surface area is 267 Å². The Bertz CT molecular complexity index is 1540. The van der Waals surface area contributed by atoms with Gasteiger partial charge in [0.2, 0.25) is 11.8 Å². The van der Waals surface area contributed by atoms with Gasteiger partial charge in [-0.25, -0.2) is 8.42 Å². The van der Waals surface area contributed by atoms with E-state index in [-0.39, 0.29) is 34.8 Å². The highest BCUT2D eigenvalue weighted by atomic mass is 32.2. The maximum atomic E-state index is 14.3. The predicted octanol–water partition coefficient (Wildman–Crippen LogP) is 5.33. The van der Waals surface area contributed by atoms with Crippen molar-refractivity contribution >= 4 is 27.5 Å². The van der Waals surface area contributed by atoms with E-state index in [0.717, 1.165) is 21.9 Å². The number of ether oxygens (including phenoxy) is 3. The van der Waals surface area contributed by atoms with Crippen LogP contribution in [-0.4, -0.2) is 64.6 Å². The first-order valence-electron chi connectivity index (χ1n) is 15.1. The lowest BCUT2D eigenvalue weighted by atomic mass is 10.1. The van der Waals surface area contributed by atoms with Crippen molar-refractivity contribution in [3.05, 3.63) is 77.9 Å². The van der Waals surface area contributed by atoms with Gasteiger partial charge in [0.1, 0.15) is 18.3 Å². The molecule has 3 rings (SSSR count). The van der Waals surface area contributed by atoms with Crippen molar-refractivity contribution in [1.29, 1.82) is 0 Å². The van der Waals surface area contributed by atoms with Crippen LogP contribution >= 0.6 is 0 Å². The van der Waals surface area contributed by atoms with Gasteiger partial charge in [-0.05, 0) is 81.1 Å². The average molecular weight is 640 g/mol. The van der Waals surface area contributed by atoms with Crippen molar-refractivity contribution in [2.45, 2.75) is 71.0 Å². The van der Waals surface area contributed by atoms with E-state index in [1.54, 1.807) is 24.3 Å². The van der Waals surface area contributed by atoms with Crippen LogP contribution in [0.2, 0.25) is 0 Å². The normalized spacial score (nSPS) is 12.5. The largest absolute Gasteiger partial charge is 0.494 e. The Morgan fingerprint density at radius 1 is 0.889 bits per heavy atom. The van der Waals surface area contributed by atoms with Gasteiger partial charge in [-0.3, -0.25) is 13.9 Å². The van der Waals surface area contributed by atoms with Gasteiger partial charge >= 0.3 is 0 Å². The van der Waals surface area contributed by atoms with Gasteiger partial charge in [0.15, 0.2) is 11.5 Å². The Morgan fingerprint density at radius 3 is 2.13 bits per heavy atom. The van der Waals surface area contributed by atoms with Crippen LogP contribution in [0.25, 0.3) is 0 Å². The molecule has 0 heterocycles. The maximum absolute atomic E-state index is 14.3. The number of methoxy groups -OCH3 is 2. The zero-order chi connectivity index (χ0) is 33.1. The summed E-state index contributed by atoms with van der Waals surface area (Å²) in [5.41, 5.74) is 2.07. The fraction of sp³-hybridized carbons (Fsp3) is 0.412. The van der Waals surface area contributed by atoms with E-state index >= 15 is 0 Å². The number of rotatable bonds is 16. The minimum absolute atomic E-state index is 0.0890. The number of hydrogen-bond donors (Lipinski definition) is 1. The molecule has 11 heteroatoms. The number of nitrogens with zero attached hydrogens (tertiary/aromatic N) is 2. The van der Waals surface area contributed by atoms with Crippen LogP contribution in [0.15, 0.2) is 71.6 Å². The summed E-state index contributed by atoms with van der Waals surface area (Å²) in [7, 11) is -1.44. The fourth-order valence-electron chi connectivity index (χ4n) is 4.84. The highest BCUT2D eigenvalue weighted by Gasteiger charge is 2.34. The van der Waals surface area contributed by atoms with Crippen LogP contribution in [0.3, 0.4) is 0 Å². The van der Waals surface area contributed by atoms with Crippen molar-refractivity contribution in [2.24, 2.45) is 0 Å². The van der Waals surface area contributed by atoms with Crippen LogP contribution in [0.5, 0.6) is 17.2 Å². The predicted molar refractivity (Wildman–Crippen MR) is 175 cm³/mol. The molecule has 1 N–H and O–H groups in total. The quantitative estimate of drug-likeness (QED) is 0.225. The number of amides is 2. The molecule has 0 aliphatic heterocycles. The molecule has 0 radical (unpaired) electrons. The summed E-state index contributed by atoms with van der Waals surface area (Å²) in [4.78, 5) is 29.2. The Morgan fingerprint density at radius 2 is 1.56 bits per heavy atom. The van der Waals surface area contributed by atoms with Gasteiger partial charge in [0.05, 0.1) is 31.4 Å². The smallest absolute Gasteiger partial charge is 0.264 e. The third-order valence-corrected chi connectivity index (χ3v) is 9.42. The molecule has 0 aliphatic rings. The van der Waals surface area contributed by atoms with Crippen LogP contribution < -0.4 is 23.8 Å². The molecular weight excluding hydrogens is 594 g/mol. The molecule has 10 nitrogen and oxygen atoms in total. The third kappa shape index (κ3) is 8.69. The van der Waals surface area contributed by atoms with Crippen LogP contribution in [0.4, 0.5) is 5.69 Å². The van der Waals surface area contributed by atoms with E-state index in [9.17, 15) is 18.0 Å². The first-order chi connectivity index (χ1) is 21.5. The molecule has 0 bridgehead atoms. The fourth-order valence-corrected chi connectivity index (χ4v) is 6.27. The van der Waals surface area contributed by atoms with Crippen molar-refractivity contribution in [3.8, 4) is 17.2 Å². The summed E-state index contributed by atoms with van der Waals surface area (Å²) in [6.07, 6.45) is 1.06. The Balaban J connectivity index is 2.12. The zero-order valence-corrected chi connectivity index (χ0v) is 28.0. The van der Waals surface area contributed by atoms with Crippen LogP contribution in [-0.2, 0) is 26.2 Å². The lowest BCUT2D eigenvalue weighted by Crippen LogP contribution is -2.53. The standard InChI is InChI=1S/C34H45N3O7S/c1-8-25(5)35-34(39)30(9-2)36(22-26-14-12-11-13-24(26)4)33(38)23-37(27-15-17-28(18-16-27)44-10-3)45(40,41)29-19-20-31(42-6)32(21-29)43-7/h11-21,25,30H,8-10,22-23H2,1-7H3,(H,35,39)/t25-,30+/m0/s1. The molecule has 0 spiro atoms. The second-order valence-electron chi connectivity index (χ2n) is 10.6. The van der Waals surface area contributed by atoms with Gasteiger partial charge in [-0.2, -0.15) is 0 Å². The summed E-state index contributed by atoms with van der Waals surface area (Å²) in [5, 5.41) is 2.99. The molecule has 3 aromatic rings. The molecule has 2 amide bonds. The van der Waals surface area contributed by atoms with Gasteiger partial charge < -0.3 is 24.4 Å². The topological polar surface area (TPSA) is 114 Å². The zero-order valence-electron chi connectivity index (χ0n) is 27.2. The summed E-state index contributed by atoms with van der Waals surface area (Å²) in [5.74, 6) is 0.338. The monoisotopic (exact) mass is 639 g/mol. The lowest BCUT2D eigenvalue weighted by Gasteiger charge is -2.34. The molecule has 0 aromatic heterocycles. The SMILES string of the molecule is CCOc1ccc(N(CC(=O)N(Cc2ccccc2C)[C@H](CC)C(=O)N[C@@H](C)CC)S(=O)(=O)c2ccc(OC)c(OC)c2)cc1. The summed E-state index contributed by atoms with van der Waals surface area (Å²) < 4.78 is 45.9. The second kappa shape index (κ2) is 16.2. The van der Waals surface area contributed by atoms with Crippen LogP contribution in [0, 0.1) is 6.92 Å². The van der Waals surface area contributed by atoms with Gasteiger partial charge in [0, 0.05) is 18.7 Å². The molecule has 2 atom stereocenters. The molecule has 0 saturated heterocycles. The molecule has 0 unspecified atom stereocenters. The highest BCUT2D eigenvalue weighted by molar-refractivity contribution is 7.92. The molecule has 0 saturated carbocycles. The number of carbonyl (C=O) groups is 2. The first kappa shape index (κ1) is 35.2. The number of anilines is 1. The minimum atomic E-state index is -4.31. The van der Waals surface area contributed by atoms with E-state index in [1.807, 2.05) is 58.9 Å². The molecule has 0 aliphatic carbocycles. The number of benzene rings is 3. The van der Waals surface area contributed by atoms with Gasteiger partial charge in [0.25, 0.3) is 10.0 Å². The Hall–Kier alpha value is -4.25. The summed E-state index contributed by atoms with van der Waals surface area (Å²) in [6.45, 7) is 9.52. The number of hydrogen-bond acceptors (Lipinski definition) is 7. The van der Waals surface area contributed by atoms with Gasteiger partial charge in [-0.15, -0.1) is 0 Å². The first-order valence-corrected chi connectivity index (χ1v) is 16.6. The van der Waals surface area contributed by atoms with Crippen molar-refractivity contribution in [2.75, 3.05) is 31.7 Å². The molecule has 0 fully saturated rings. The molecule has 3 aromatic carbocycles. The van der Waals surface area contributed by atoms with Crippen molar-refractivity contribution in [1.82, 2.24) is 10.2 Å². The molecule has 244 valence electrons. The van der Waals surface area contributed by atoms with E-state index in [0.29, 0.717) is 24.5 Å². The number of aryl methyl sites for hydroxylation is 1. The van der Waals surface area contributed by atoms with Crippen molar-refractivity contribution < 1.29 is 32.2 Å². The maximum Gasteiger partial charge on any atom is 0.264 e. The highest BCUT2D eigenvalue weighted by Crippen LogP contribution is 2.33. The summed E-state index contributed by atoms with van der Waals surface area (Å²) >= 11 is 0. The van der Waals surface area contributed by atoms with E-state index in [1.165, 1.54) is 37.3 Å². The molecular formula is C34H45N3O7S. The van der Waals surface area contributed by atoms with Crippen molar-refractivity contribution in [3.63, 3.8) is 0 Å². The third-order valence-electron chi connectivity index (χ3n) is 7.65. The van der Waals surface area contributed by atoms with E-state index in [4.69, 9.17) is 14.2 Å². The lowest BCUT2D eigenvalue weighted by molar-refractivity contribution is -0.140. The minimum Gasteiger partial charge on any atom is -0.494 e. The van der Waals surface area contributed by atoms with E-state index < -0.39 is 28.5 Å². The summed E-state index contributed by atoms with van der Waals surface area (Å²) in [6, 6.07) is 17.5. The van der Waals surface area contributed by atoms with Crippen LogP contribution in [0.1, 0.15) is 51.7 Å². The number of carbonyl (C=O) groups excluding carboxylic acids is 2. The second-order valence-corrected chi connectivity index (χ2v) is 12.5.